The number of aryl methyl sites for hydroxylation is 2. The van der Waals surface area contributed by atoms with Crippen LogP contribution in [0.1, 0.15) is 48.2 Å². The highest BCUT2D eigenvalue weighted by Crippen LogP contribution is 2.24. The van der Waals surface area contributed by atoms with Crippen molar-refractivity contribution in [3.8, 4) is 0 Å². The molecule has 0 spiro atoms. The van der Waals surface area contributed by atoms with Gasteiger partial charge in [-0.1, -0.05) is 32.0 Å². The van der Waals surface area contributed by atoms with E-state index in [2.05, 4.69) is 23.9 Å². The first-order valence-corrected chi connectivity index (χ1v) is 10.5. The largest absolute Gasteiger partial charge is 0.321 e. The van der Waals surface area contributed by atoms with Gasteiger partial charge in [-0.2, -0.15) is 0 Å². The minimum absolute atomic E-state index is 0.0565. The van der Waals surface area contributed by atoms with E-state index in [4.69, 9.17) is 0 Å². The van der Waals surface area contributed by atoms with Crippen molar-refractivity contribution < 1.29 is 13.2 Å². The summed E-state index contributed by atoms with van der Waals surface area (Å²) in [4.78, 5) is 12.8. The first-order valence-electron chi connectivity index (χ1n) is 8.99. The summed E-state index contributed by atoms with van der Waals surface area (Å²) in [5.41, 5.74) is 3.47. The van der Waals surface area contributed by atoms with Gasteiger partial charge < -0.3 is 5.32 Å². The van der Waals surface area contributed by atoms with Crippen molar-refractivity contribution in [1.29, 1.82) is 0 Å². The van der Waals surface area contributed by atoms with Crippen LogP contribution in [0.25, 0.3) is 0 Å². The van der Waals surface area contributed by atoms with Gasteiger partial charge in [0.15, 0.2) is 0 Å². The number of benzene rings is 2. The molecule has 0 saturated heterocycles. The summed E-state index contributed by atoms with van der Waals surface area (Å²) in [6.45, 7) is 4.11. The van der Waals surface area contributed by atoms with Crippen LogP contribution in [0.5, 0.6) is 0 Å². The zero-order chi connectivity index (χ0) is 18.7. The highest BCUT2D eigenvalue weighted by molar-refractivity contribution is 7.89. The monoisotopic (exact) mass is 372 g/mol. The van der Waals surface area contributed by atoms with E-state index >= 15 is 0 Å². The Morgan fingerprint density at radius 3 is 2.08 bits per heavy atom. The number of amides is 1. The minimum atomic E-state index is -3.50. The maximum absolute atomic E-state index is 12.6. The predicted octanol–water partition coefficient (Wildman–Crippen LogP) is 3.50. The molecule has 26 heavy (non-hydrogen) atoms. The summed E-state index contributed by atoms with van der Waals surface area (Å²) >= 11 is 0. The number of carbonyl (C=O) groups is 1. The lowest BCUT2D eigenvalue weighted by molar-refractivity contribution is 0.102. The van der Waals surface area contributed by atoms with Crippen molar-refractivity contribution in [1.82, 2.24) is 4.72 Å². The van der Waals surface area contributed by atoms with Gasteiger partial charge in [0.1, 0.15) is 0 Å². The molecule has 0 radical (unpaired) electrons. The summed E-state index contributed by atoms with van der Waals surface area (Å²) in [5, 5.41) is 2.99. The Hall–Kier alpha value is -2.18. The first-order chi connectivity index (χ1) is 12.4. The highest BCUT2D eigenvalue weighted by atomic mass is 32.2. The van der Waals surface area contributed by atoms with Crippen molar-refractivity contribution in [2.24, 2.45) is 0 Å². The normalized spacial score (nSPS) is 14.2. The topological polar surface area (TPSA) is 75.3 Å². The molecule has 1 amide bonds. The molecule has 0 aromatic heterocycles. The Kier molecular flexibility index (Phi) is 5.44. The molecule has 0 bridgehead atoms. The maximum Gasteiger partial charge on any atom is 0.255 e. The Morgan fingerprint density at radius 1 is 1.00 bits per heavy atom. The van der Waals surface area contributed by atoms with Gasteiger partial charge in [-0.15, -0.1) is 0 Å². The lowest BCUT2D eigenvalue weighted by Gasteiger charge is -2.14. The van der Waals surface area contributed by atoms with E-state index in [0.717, 1.165) is 42.5 Å². The SMILES string of the molecule is CCc1cccc(CC)c1NC(=O)c1ccc(S(=O)(=O)NC2CC2)cc1. The molecule has 138 valence electrons. The first kappa shape index (κ1) is 18.6. The molecule has 2 N–H and O–H groups in total. The molecule has 1 fully saturated rings. The highest BCUT2D eigenvalue weighted by Gasteiger charge is 2.28. The van der Waals surface area contributed by atoms with Gasteiger partial charge in [0, 0.05) is 17.3 Å². The second-order valence-corrected chi connectivity index (χ2v) is 8.25. The molecule has 1 aliphatic rings. The van der Waals surface area contributed by atoms with Crippen molar-refractivity contribution in [2.45, 2.75) is 50.5 Å². The van der Waals surface area contributed by atoms with Crippen molar-refractivity contribution in [3.05, 3.63) is 59.2 Å². The lowest BCUT2D eigenvalue weighted by Crippen LogP contribution is -2.25. The quantitative estimate of drug-likeness (QED) is 0.781. The van der Waals surface area contributed by atoms with E-state index in [-0.39, 0.29) is 16.8 Å². The number of rotatable bonds is 7. The summed E-state index contributed by atoms with van der Waals surface area (Å²) in [5.74, 6) is -0.236. The molecule has 0 atom stereocenters. The maximum atomic E-state index is 12.6. The molecule has 5 nitrogen and oxygen atoms in total. The van der Waals surface area contributed by atoms with Crippen LogP contribution in [0.2, 0.25) is 0 Å². The molecule has 1 saturated carbocycles. The summed E-state index contributed by atoms with van der Waals surface area (Å²) in [6, 6.07) is 12.1. The smallest absolute Gasteiger partial charge is 0.255 e. The van der Waals surface area contributed by atoms with Crippen molar-refractivity contribution in [2.75, 3.05) is 5.32 Å². The molecule has 1 aliphatic carbocycles. The molecule has 2 aromatic carbocycles. The Morgan fingerprint density at radius 2 is 1.58 bits per heavy atom. The third kappa shape index (κ3) is 4.14. The third-order valence-electron chi connectivity index (χ3n) is 4.56. The molecule has 0 aliphatic heterocycles. The summed E-state index contributed by atoms with van der Waals surface area (Å²) < 4.78 is 27.1. The number of sulfonamides is 1. The second kappa shape index (κ2) is 7.60. The number of nitrogens with one attached hydrogen (secondary N) is 2. The lowest BCUT2D eigenvalue weighted by atomic mass is 10.0. The minimum Gasteiger partial charge on any atom is -0.321 e. The zero-order valence-corrected chi connectivity index (χ0v) is 15.9. The Balaban J connectivity index is 1.79. The molecule has 6 heteroatoms. The summed E-state index contributed by atoms with van der Waals surface area (Å²) in [7, 11) is -3.50. The van der Waals surface area contributed by atoms with Crippen molar-refractivity contribution >= 4 is 21.6 Å². The number of anilines is 1. The molecule has 0 heterocycles. The number of carbonyl (C=O) groups excluding carboxylic acids is 1. The van der Waals surface area contributed by atoms with Crippen LogP contribution in [0.15, 0.2) is 47.4 Å². The van der Waals surface area contributed by atoms with E-state index in [0.29, 0.717) is 5.56 Å². The average Bonchev–Trinajstić information content (AvgIpc) is 3.45. The fourth-order valence-electron chi connectivity index (χ4n) is 2.86. The average molecular weight is 372 g/mol. The molecule has 3 rings (SSSR count). The van der Waals surface area contributed by atoms with Crippen LogP contribution >= 0.6 is 0 Å². The number of hydrogen-bond acceptors (Lipinski definition) is 3. The van der Waals surface area contributed by atoms with E-state index in [9.17, 15) is 13.2 Å². The van der Waals surface area contributed by atoms with Gasteiger partial charge in [-0.25, -0.2) is 13.1 Å². The van der Waals surface area contributed by atoms with Crippen molar-refractivity contribution in [3.63, 3.8) is 0 Å². The summed E-state index contributed by atoms with van der Waals surface area (Å²) in [6.07, 6.45) is 3.42. The van der Waals surface area contributed by atoms with Crippen LogP contribution in [0.3, 0.4) is 0 Å². The molecule has 2 aromatic rings. The predicted molar refractivity (Wildman–Crippen MR) is 103 cm³/mol. The molecular weight excluding hydrogens is 348 g/mol. The van der Waals surface area contributed by atoms with E-state index < -0.39 is 10.0 Å². The molecule has 0 unspecified atom stereocenters. The van der Waals surface area contributed by atoms with Crippen LogP contribution in [-0.2, 0) is 22.9 Å². The zero-order valence-electron chi connectivity index (χ0n) is 15.1. The molecular formula is C20H24N2O3S. The standard InChI is InChI=1S/C20H24N2O3S/c1-3-14-6-5-7-15(4-2)19(14)21-20(23)16-8-12-18(13-9-16)26(24,25)22-17-10-11-17/h5-9,12-13,17,22H,3-4,10-11H2,1-2H3,(H,21,23). The second-order valence-electron chi connectivity index (χ2n) is 6.53. The van der Waals surface area contributed by atoms with Gasteiger partial charge in [-0.05, 0) is 61.1 Å². The fraction of sp³-hybridized carbons (Fsp3) is 0.350. The third-order valence-corrected chi connectivity index (χ3v) is 6.10. The van der Waals surface area contributed by atoms with E-state index in [1.165, 1.54) is 12.1 Å². The van der Waals surface area contributed by atoms with E-state index in [1.54, 1.807) is 12.1 Å². The van der Waals surface area contributed by atoms with Crippen LogP contribution in [0, 0.1) is 0 Å². The van der Waals surface area contributed by atoms with Gasteiger partial charge >= 0.3 is 0 Å². The van der Waals surface area contributed by atoms with Crippen LogP contribution < -0.4 is 10.0 Å². The number of para-hydroxylation sites is 1. The van der Waals surface area contributed by atoms with E-state index in [1.807, 2.05) is 18.2 Å². The Bertz CT molecular complexity index is 879. The fourth-order valence-corrected chi connectivity index (χ4v) is 4.17. The van der Waals surface area contributed by atoms with Gasteiger partial charge in [-0.3, -0.25) is 4.79 Å². The van der Waals surface area contributed by atoms with Gasteiger partial charge in [0.2, 0.25) is 10.0 Å². The van der Waals surface area contributed by atoms with Gasteiger partial charge in [0.05, 0.1) is 4.90 Å². The Labute approximate surface area is 154 Å². The van der Waals surface area contributed by atoms with Crippen LogP contribution in [0.4, 0.5) is 5.69 Å². The van der Waals surface area contributed by atoms with Gasteiger partial charge in [0.25, 0.3) is 5.91 Å². The van der Waals surface area contributed by atoms with Crippen LogP contribution in [-0.4, -0.2) is 20.4 Å². The number of hydrogen-bond donors (Lipinski definition) is 2.